The topological polar surface area (TPSA) is 0 Å². The zero-order valence-corrected chi connectivity index (χ0v) is 14.1. The van der Waals surface area contributed by atoms with Crippen LogP contribution in [0.2, 0.25) is 0 Å². The summed E-state index contributed by atoms with van der Waals surface area (Å²) in [4.78, 5) is 0. The van der Waals surface area contributed by atoms with Gasteiger partial charge in [0, 0.05) is 0 Å². The third-order valence-corrected chi connectivity index (χ3v) is 7.75. The monoisotopic (exact) mass is 314 g/mol. The minimum atomic E-state index is -0.552. The summed E-state index contributed by atoms with van der Waals surface area (Å²) in [6.45, 7) is 8.96. The van der Waals surface area contributed by atoms with Crippen LogP contribution in [0.25, 0.3) is 6.08 Å². The Kier molecular flexibility index (Phi) is 4.56. The Labute approximate surface area is 122 Å². The van der Waals surface area contributed by atoms with E-state index < -0.39 is 23.2 Å². The van der Waals surface area contributed by atoms with Gasteiger partial charge in [-0.15, -0.1) is 0 Å². The van der Waals surface area contributed by atoms with Gasteiger partial charge >= 0.3 is 123 Å². The van der Waals surface area contributed by atoms with Gasteiger partial charge in [-0.1, -0.05) is 0 Å². The van der Waals surface area contributed by atoms with Gasteiger partial charge in [0.15, 0.2) is 0 Å². The van der Waals surface area contributed by atoms with Crippen LogP contribution in [0.3, 0.4) is 0 Å². The summed E-state index contributed by atoms with van der Waals surface area (Å²) >= 11 is -0.552. The standard InChI is InChI=1S/C9H7.C8H13.Zr/c1-2-5-9-7-3-6-8(9)4-1;1-5-7(3)8(4)6-2;/h1-7H;5H,1-4H3;. The van der Waals surface area contributed by atoms with E-state index in [1.54, 1.807) is 8.84 Å². The summed E-state index contributed by atoms with van der Waals surface area (Å²) in [5.74, 6) is 0. The third-order valence-electron chi connectivity index (χ3n) is 3.76. The van der Waals surface area contributed by atoms with Gasteiger partial charge in [0.05, 0.1) is 0 Å². The van der Waals surface area contributed by atoms with Crippen LogP contribution in [-0.2, 0) is 23.2 Å². The second-order valence-electron chi connectivity index (χ2n) is 4.83. The van der Waals surface area contributed by atoms with Gasteiger partial charge in [-0.3, -0.25) is 0 Å². The molecule has 1 aliphatic rings. The first-order valence-corrected chi connectivity index (χ1v) is 9.12. The molecule has 0 saturated carbocycles. The van der Waals surface area contributed by atoms with Gasteiger partial charge in [-0.2, -0.15) is 0 Å². The maximum absolute atomic E-state index is 2.42. The molecule has 0 nitrogen and oxygen atoms in total. The summed E-state index contributed by atoms with van der Waals surface area (Å²) in [5.41, 5.74) is 5.93. The maximum atomic E-state index is 2.42. The van der Waals surface area contributed by atoms with Gasteiger partial charge < -0.3 is 0 Å². The van der Waals surface area contributed by atoms with Crippen LogP contribution in [0.5, 0.6) is 0 Å². The molecule has 0 N–H and O–H groups in total. The van der Waals surface area contributed by atoms with E-state index in [0.717, 1.165) is 3.63 Å². The number of fused-ring (bicyclic) bond motifs is 1. The van der Waals surface area contributed by atoms with E-state index in [0.29, 0.717) is 0 Å². The van der Waals surface area contributed by atoms with Crippen molar-refractivity contribution < 1.29 is 23.2 Å². The quantitative estimate of drug-likeness (QED) is 0.681. The van der Waals surface area contributed by atoms with Crippen LogP contribution in [0.15, 0.2) is 50.8 Å². The molecule has 1 unspecified atom stereocenters. The van der Waals surface area contributed by atoms with Crippen molar-refractivity contribution in [2.75, 3.05) is 0 Å². The van der Waals surface area contributed by atoms with Crippen LogP contribution in [0.4, 0.5) is 0 Å². The van der Waals surface area contributed by atoms with Crippen molar-refractivity contribution in [1.82, 2.24) is 0 Å². The summed E-state index contributed by atoms with van der Waals surface area (Å²) < 4.78 is 2.39. The summed E-state index contributed by atoms with van der Waals surface area (Å²) in [6.07, 6.45) is 6.93. The third kappa shape index (κ3) is 2.83. The Balaban J connectivity index is 2.20. The SMILES string of the molecule is CC=C(C)C(C)=[C](C)[Zr][CH]1C=Cc2ccccc21. The van der Waals surface area contributed by atoms with Gasteiger partial charge in [0.25, 0.3) is 0 Å². The molecule has 1 aromatic carbocycles. The van der Waals surface area contributed by atoms with Crippen LogP contribution in [-0.4, -0.2) is 0 Å². The second-order valence-corrected chi connectivity index (χ2v) is 8.91. The van der Waals surface area contributed by atoms with Crippen molar-refractivity contribution in [2.45, 2.75) is 31.3 Å². The fourth-order valence-electron chi connectivity index (χ4n) is 2.23. The Morgan fingerprint density at radius 3 is 2.61 bits per heavy atom. The average Bonchev–Trinajstić information content (AvgIpc) is 2.80. The van der Waals surface area contributed by atoms with Crippen LogP contribution < -0.4 is 0 Å². The summed E-state index contributed by atoms with van der Waals surface area (Å²) in [7, 11) is 0. The molecule has 2 rings (SSSR count). The van der Waals surface area contributed by atoms with Crippen molar-refractivity contribution in [3.8, 4) is 0 Å². The Morgan fingerprint density at radius 1 is 1.17 bits per heavy atom. The molecule has 1 heteroatoms. The normalized spacial score (nSPS) is 19.6. The van der Waals surface area contributed by atoms with E-state index in [1.807, 2.05) is 0 Å². The zero-order chi connectivity index (χ0) is 13.1. The van der Waals surface area contributed by atoms with E-state index in [2.05, 4.69) is 70.2 Å². The van der Waals surface area contributed by atoms with Crippen molar-refractivity contribution >= 4 is 6.08 Å². The zero-order valence-electron chi connectivity index (χ0n) is 11.6. The van der Waals surface area contributed by atoms with Crippen molar-refractivity contribution in [3.05, 3.63) is 62.0 Å². The van der Waals surface area contributed by atoms with Gasteiger partial charge in [0.1, 0.15) is 0 Å². The molecule has 0 saturated heterocycles. The van der Waals surface area contributed by atoms with Crippen LogP contribution in [0.1, 0.15) is 42.4 Å². The van der Waals surface area contributed by atoms with Crippen LogP contribution >= 0.6 is 0 Å². The molecule has 0 fully saturated rings. The van der Waals surface area contributed by atoms with E-state index in [4.69, 9.17) is 0 Å². The molecular weight excluding hydrogens is 295 g/mol. The predicted molar refractivity (Wildman–Crippen MR) is 76.0 cm³/mol. The van der Waals surface area contributed by atoms with E-state index >= 15 is 0 Å². The molecule has 1 aromatic rings. The molecule has 0 heterocycles. The molecule has 0 aromatic heterocycles. The average molecular weight is 316 g/mol. The number of benzene rings is 1. The molecule has 1 aliphatic carbocycles. The molecule has 92 valence electrons. The van der Waals surface area contributed by atoms with Crippen molar-refractivity contribution in [2.24, 2.45) is 0 Å². The minimum absolute atomic E-state index is 0.552. The first kappa shape index (κ1) is 13.7. The molecule has 0 bridgehead atoms. The van der Waals surface area contributed by atoms with Crippen molar-refractivity contribution in [3.63, 3.8) is 0 Å². The number of allylic oxidation sites excluding steroid dienone is 5. The fourth-order valence-corrected chi connectivity index (χ4v) is 5.89. The Hall–Kier alpha value is -0.677. The van der Waals surface area contributed by atoms with Gasteiger partial charge in [0.2, 0.25) is 0 Å². The summed E-state index contributed by atoms with van der Waals surface area (Å²) in [5, 5.41) is 0. The van der Waals surface area contributed by atoms with E-state index in [1.165, 1.54) is 16.7 Å². The molecule has 18 heavy (non-hydrogen) atoms. The second kappa shape index (κ2) is 5.98. The molecule has 0 radical (unpaired) electrons. The number of hydrogen-bond acceptors (Lipinski definition) is 0. The van der Waals surface area contributed by atoms with Gasteiger partial charge in [-0.05, 0) is 0 Å². The van der Waals surface area contributed by atoms with Crippen LogP contribution in [0, 0.1) is 0 Å². The molecule has 1 atom stereocenters. The molecular formula is C17H20Zr. The van der Waals surface area contributed by atoms with Crippen molar-refractivity contribution in [1.29, 1.82) is 0 Å². The van der Waals surface area contributed by atoms with Gasteiger partial charge in [-0.25, -0.2) is 0 Å². The number of hydrogen-bond donors (Lipinski definition) is 0. The summed E-state index contributed by atoms with van der Waals surface area (Å²) in [6, 6.07) is 8.83. The Bertz CT molecular complexity index is 532. The fraction of sp³-hybridized carbons (Fsp3) is 0.294. The molecule has 0 aliphatic heterocycles. The molecule has 0 spiro atoms. The van der Waals surface area contributed by atoms with E-state index in [9.17, 15) is 0 Å². The predicted octanol–water partition coefficient (Wildman–Crippen LogP) is 5.10. The molecule has 0 amide bonds. The van der Waals surface area contributed by atoms with E-state index in [-0.39, 0.29) is 0 Å². The number of rotatable bonds is 3. The first-order chi connectivity index (χ1) is 8.63. The first-order valence-electron chi connectivity index (χ1n) is 6.48. The Morgan fingerprint density at radius 2 is 1.89 bits per heavy atom.